The maximum absolute atomic E-state index is 8.58. The SMILES string of the molecule is N#Cc1ccc(CN(N)/C=C\N)cc1. The summed E-state index contributed by atoms with van der Waals surface area (Å²) in [4.78, 5) is 0. The molecule has 0 saturated carbocycles. The Morgan fingerprint density at radius 2 is 2.00 bits per heavy atom. The molecule has 4 nitrogen and oxygen atoms in total. The second kappa shape index (κ2) is 4.90. The van der Waals surface area contributed by atoms with Crippen molar-refractivity contribution in [1.29, 1.82) is 5.26 Å². The minimum Gasteiger partial charge on any atom is -0.403 e. The summed E-state index contributed by atoms with van der Waals surface area (Å²) in [5, 5.41) is 10.1. The van der Waals surface area contributed by atoms with Crippen LogP contribution in [0.1, 0.15) is 11.1 Å². The molecule has 0 unspecified atom stereocenters. The van der Waals surface area contributed by atoms with Gasteiger partial charge >= 0.3 is 0 Å². The maximum Gasteiger partial charge on any atom is 0.0991 e. The van der Waals surface area contributed by atoms with Crippen LogP contribution in [0, 0.1) is 11.3 Å². The molecular weight excluding hydrogens is 176 g/mol. The smallest absolute Gasteiger partial charge is 0.0991 e. The summed E-state index contributed by atoms with van der Waals surface area (Å²) < 4.78 is 0. The van der Waals surface area contributed by atoms with Crippen LogP contribution in [0.4, 0.5) is 0 Å². The number of hydrogen-bond donors (Lipinski definition) is 2. The zero-order valence-corrected chi connectivity index (χ0v) is 7.72. The molecule has 0 spiro atoms. The lowest BCUT2D eigenvalue weighted by Gasteiger charge is -2.12. The van der Waals surface area contributed by atoms with Crippen LogP contribution >= 0.6 is 0 Å². The zero-order chi connectivity index (χ0) is 10.4. The van der Waals surface area contributed by atoms with Crippen LogP contribution in [-0.2, 0) is 6.54 Å². The first-order chi connectivity index (χ1) is 6.76. The second-order valence-corrected chi connectivity index (χ2v) is 2.82. The fraction of sp³-hybridized carbons (Fsp3) is 0.100. The van der Waals surface area contributed by atoms with E-state index < -0.39 is 0 Å². The highest BCUT2D eigenvalue weighted by atomic mass is 15.4. The molecule has 4 N–H and O–H groups in total. The normalized spacial score (nSPS) is 10.0. The van der Waals surface area contributed by atoms with Gasteiger partial charge in [0.05, 0.1) is 18.2 Å². The molecule has 0 atom stereocenters. The summed E-state index contributed by atoms with van der Waals surface area (Å²) in [5.74, 6) is 5.59. The van der Waals surface area contributed by atoms with Gasteiger partial charge in [-0.3, -0.25) is 0 Å². The van der Waals surface area contributed by atoms with Gasteiger partial charge in [0, 0.05) is 12.4 Å². The van der Waals surface area contributed by atoms with Gasteiger partial charge in [-0.05, 0) is 17.7 Å². The fourth-order valence-corrected chi connectivity index (χ4v) is 1.06. The van der Waals surface area contributed by atoms with Gasteiger partial charge in [0.25, 0.3) is 0 Å². The van der Waals surface area contributed by atoms with E-state index in [9.17, 15) is 0 Å². The molecule has 1 aromatic rings. The predicted octanol–water partition coefficient (Wildman–Crippen LogP) is 0.664. The lowest BCUT2D eigenvalue weighted by molar-refractivity contribution is 0.386. The van der Waals surface area contributed by atoms with E-state index in [0.717, 1.165) is 5.56 Å². The molecule has 0 bridgehead atoms. The summed E-state index contributed by atoms with van der Waals surface area (Å²) in [6.07, 6.45) is 2.96. The minimum atomic E-state index is 0.569. The first kappa shape index (κ1) is 10.1. The molecule has 0 aromatic heterocycles. The van der Waals surface area contributed by atoms with Gasteiger partial charge in [0.1, 0.15) is 0 Å². The van der Waals surface area contributed by atoms with Crippen molar-refractivity contribution in [3.05, 3.63) is 47.8 Å². The highest BCUT2D eigenvalue weighted by Gasteiger charge is 1.96. The number of nitrogens with zero attached hydrogens (tertiary/aromatic N) is 2. The Kier molecular flexibility index (Phi) is 3.53. The highest BCUT2D eigenvalue weighted by molar-refractivity contribution is 5.31. The second-order valence-electron chi connectivity index (χ2n) is 2.82. The molecule has 0 fully saturated rings. The monoisotopic (exact) mass is 188 g/mol. The lowest BCUT2D eigenvalue weighted by Crippen LogP contribution is -2.24. The number of hydrogen-bond acceptors (Lipinski definition) is 4. The quantitative estimate of drug-likeness (QED) is 0.539. The average molecular weight is 188 g/mol. The van der Waals surface area contributed by atoms with Crippen LogP contribution < -0.4 is 11.6 Å². The Labute approximate surface area is 83.0 Å². The van der Waals surface area contributed by atoms with E-state index >= 15 is 0 Å². The molecule has 0 amide bonds. The Balaban J connectivity index is 2.65. The van der Waals surface area contributed by atoms with Gasteiger partial charge in [-0.2, -0.15) is 5.26 Å². The van der Waals surface area contributed by atoms with Gasteiger partial charge < -0.3 is 10.7 Å². The number of benzene rings is 1. The van der Waals surface area contributed by atoms with Crippen LogP contribution in [0.3, 0.4) is 0 Å². The van der Waals surface area contributed by atoms with Gasteiger partial charge in [-0.1, -0.05) is 12.1 Å². The molecule has 1 rings (SSSR count). The first-order valence-electron chi connectivity index (χ1n) is 4.15. The molecule has 1 aromatic carbocycles. The number of hydrazine groups is 1. The van der Waals surface area contributed by atoms with Crippen LogP contribution in [0.2, 0.25) is 0 Å². The predicted molar refractivity (Wildman–Crippen MR) is 54.2 cm³/mol. The Morgan fingerprint density at radius 3 is 2.50 bits per heavy atom. The summed E-state index contributed by atoms with van der Waals surface area (Å²) in [6.45, 7) is 0.569. The van der Waals surface area contributed by atoms with Crippen molar-refractivity contribution in [1.82, 2.24) is 5.01 Å². The highest BCUT2D eigenvalue weighted by Crippen LogP contribution is 2.04. The van der Waals surface area contributed by atoms with Crippen molar-refractivity contribution in [3.63, 3.8) is 0 Å². The van der Waals surface area contributed by atoms with E-state index in [1.54, 1.807) is 18.3 Å². The van der Waals surface area contributed by atoms with Crippen LogP contribution in [0.25, 0.3) is 0 Å². The largest absolute Gasteiger partial charge is 0.403 e. The Hall–Kier alpha value is -1.99. The van der Waals surface area contributed by atoms with E-state index in [1.807, 2.05) is 12.1 Å². The van der Waals surface area contributed by atoms with Crippen LogP contribution in [-0.4, -0.2) is 5.01 Å². The van der Waals surface area contributed by atoms with Crippen molar-refractivity contribution in [3.8, 4) is 6.07 Å². The van der Waals surface area contributed by atoms with Crippen molar-refractivity contribution in [2.45, 2.75) is 6.54 Å². The van der Waals surface area contributed by atoms with Crippen LogP contribution in [0.5, 0.6) is 0 Å². The third-order valence-corrected chi connectivity index (χ3v) is 1.73. The lowest BCUT2D eigenvalue weighted by atomic mass is 10.1. The van der Waals surface area contributed by atoms with Gasteiger partial charge in [0.15, 0.2) is 0 Å². The van der Waals surface area contributed by atoms with Crippen molar-refractivity contribution < 1.29 is 0 Å². The van der Waals surface area contributed by atoms with E-state index in [2.05, 4.69) is 6.07 Å². The third-order valence-electron chi connectivity index (χ3n) is 1.73. The minimum absolute atomic E-state index is 0.569. The first-order valence-corrected chi connectivity index (χ1v) is 4.15. The standard InChI is InChI=1S/C10H12N4/c11-5-6-14(13)8-10-3-1-9(7-12)2-4-10/h1-6H,8,11,13H2/b6-5-. The molecule has 0 aliphatic heterocycles. The molecule has 4 heteroatoms. The summed E-state index contributed by atoms with van der Waals surface area (Å²) in [5.41, 5.74) is 6.86. The molecule has 0 radical (unpaired) electrons. The van der Waals surface area contributed by atoms with Crippen molar-refractivity contribution in [2.24, 2.45) is 11.6 Å². The van der Waals surface area contributed by atoms with Crippen molar-refractivity contribution in [2.75, 3.05) is 0 Å². The summed E-state index contributed by atoms with van der Waals surface area (Å²) in [6, 6.07) is 9.30. The zero-order valence-electron chi connectivity index (χ0n) is 7.72. The topological polar surface area (TPSA) is 79.1 Å². The summed E-state index contributed by atoms with van der Waals surface area (Å²) >= 11 is 0. The van der Waals surface area contributed by atoms with E-state index in [-0.39, 0.29) is 0 Å². The van der Waals surface area contributed by atoms with Gasteiger partial charge in [0.2, 0.25) is 0 Å². The molecule has 0 heterocycles. The molecule has 72 valence electrons. The average Bonchev–Trinajstić information content (AvgIpc) is 2.19. The number of nitriles is 1. The molecule has 0 aliphatic rings. The molecular formula is C10H12N4. The third kappa shape index (κ3) is 2.81. The van der Waals surface area contributed by atoms with E-state index in [4.69, 9.17) is 16.8 Å². The fourth-order valence-electron chi connectivity index (χ4n) is 1.06. The number of nitrogens with two attached hydrogens (primary N) is 2. The van der Waals surface area contributed by atoms with E-state index in [0.29, 0.717) is 12.1 Å². The maximum atomic E-state index is 8.58. The van der Waals surface area contributed by atoms with Crippen LogP contribution in [0.15, 0.2) is 36.7 Å². The van der Waals surface area contributed by atoms with Gasteiger partial charge in [-0.15, -0.1) is 0 Å². The Bertz CT molecular complexity index is 347. The van der Waals surface area contributed by atoms with Crippen molar-refractivity contribution >= 4 is 0 Å². The van der Waals surface area contributed by atoms with Gasteiger partial charge in [-0.25, -0.2) is 5.84 Å². The molecule has 14 heavy (non-hydrogen) atoms. The Morgan fingerprint density at radius 1 is 1.36 bits per heavy atom. The summed E-state index contributed by atoms with van der Waals surface area (Å²) in [7, 11) is 0. The molecule has 0 saturated heterocycles. The molecule has 0 aliphatic carbocycles. The van der Waals surface area contributed by atoms with E-state index in [1.165, 1.54) is 11.2 Å². The number of rotatable bonds is 3.